The molecule has 0 heterocycles. The second-order valence-electron chi connectivity index (χ2n) is 15.0. The van der Waals surface area contributed by atoms with E-state index >= 15 is 0 Å². The molecule has 4 saturated carbocycles. The van der Waals surface area contributed by atoms with Gasteiger partial charge in [-0.25, -0.2) is 0 Å². The zero-order valence-corrected chi connectivity index (χ0v) is 22.3. The molecule has 3 heteroatoms. The number of allylic oxidation sites excluding steroid dienone is 2. The van der Waals surface area contributed by atoms with Gasteiger partial charge in [0.15, 0.2) is 5.78 Å². The molecule has 0 radical (unpaired) electrons. The van der Waals surface area contributed by atoms with Crippen molar-refractivity contribution in [3.63, 3.8) is 0 Å². The highest BCUT2D eigenvalue weighted by atomic mass is 16.3. The van der Waals surface area contributed by atoms with E-state index in [2.05, 4.69) is 54.5 Å². The van der Waals surface area contributed by atoms with Crippen molar-refractivity contribution < 1.29 is 15.0 Å². The molecule has 9 unspecified atom stereocenters. The van der Waals surface area contributed by atoms with Crippen LogP contribution >= 0.6 is 0 Å². The zero-order valence-electron chi connectivity index (χ0n) is 22.3. The first-order valence-corrected chi connectivity index (χ1v) is 13.7. The van der Waals surface area contributed by atoms with Crippen LogP contribution in [0.25, 0.3) is 0 Å². The van der Waals surface area contributed by atoms with E-state index in [4.69, 9.17) is 0 Å². The number of fused-ring (bicyclic) bond motifs is 7. The van der Waals surface area contributed by atoms with Crippen molar-refractivity contribution in [2.45, 2.75) is 112 Å². The molecule has 2 N–H and O–H groups in total. The van der Waals surface area contributed by atoms with Crippen LogP contribution in [0.5, 0.6) is 0 Å². The van der Waals surface area contributed by atoms with Gasteiger partial charge in [-0.1, -0.05) is 54.0 Å². The van der Waals surface area contributed by atoms with E-state index in [9.17, 15) is 15.0 Å². The molecule has 0 aliphatic heterocycles. The summed E-state index contributed by atoms with van der Waals surface area (Å²) in [6.45, 7) is 16.8. The van der Waals surface area contributed by atoms with Crippen LogP contribution in [-0.2, 0) is 4.79 Å². The lowest BCUT2D eigenvalue weighted by Gasteiger charge is -2.70. The maximum atomic E-state index is 14.2. The van der Waals surface area contributed by atoms with Gasteiger partial charge < -0.3 is 10.2 Å². The number of hydrogen-bond acceptors (Lipinski definition) is 3. The molecular formula is C30H48O3. The van der Waals surface area contributed by atoms with Crippen molar-refractivity contribution in [1.29, 1.82) is 0 Å². The minimum atomic E-state index is -0.269. The third-order valence-electron chi connectivity index (χ3n) is 13.0. The third-order valence-corrected chi connectivity index (χ3v) is 13.0. The maximum absolute atomic E-state index is 14.2. The molecule has 5 rings (SSSR count). The van der Waals surface area contributed by atoms with Crippen LogP contribution in [0.4, 0.5) is 0 Å². The van der Waals surface area contributed by atoms with Crippen molar-refractivity contribution in [2.24, 2.45) is 50.2 Å². The first-order valence-electron chi connectivity index (χ1n) is 13.7. The molecule has 0 saturated heterocycles. The van der Waals surface area contributed by atoms with Gasteiger partial charge in [0.2, 0.25) is 0 Å². The van der Waals surface area contributed by atoms with Gasteiger partial charge in [0.05, 0.1) is 6.10 Å². The molecule has 5 aliphatic carbocycles. The van der Waals surface area contributed by atoms with Crippen LogP contribution < -0.4 is 0 Å². The summed E-state index contributed by atoms with van der Waals surface area (Å²) in [5.74, 6) is 1.20. The molecule has 186 valence electrons. The number of carbonyl (C=O) groups excluding carboxylic acids is 1. The van der Waals surface area contributed by atoms with E-state index < -0.39 is 0 Å². The van der Waals surface area contributed by atoms with Crippen molar-refractivity contribution >= 4 is 5.78 Å². The Balaban J connectivity index is 1.62. The number of hydrogen-bond donors (Lipinski definition) is 2. The van der Waals surface area contributed by atoms with E-state index in [-0.39, 0.29) is 51.1 Å². The van der Waals surface area contributed by atoms with Gasteiger partial charge >= 0.3 is 0 Å². The highest BCUT2D eigenvalue weighted by molar-refractivity contribution is 5.95. The normalized spacial score (nSPS) is 55.5. The Labute approximate surface area is 201 Å². The molecule has 5 aliphatic rings. The summed E-state index contributed by atoms with van der Waals surface area (Å²) >= 11 is 0. The fraction of sp³-hybridized carbons (Fsp3) is 0.900. The first kappa shape index (κ1) is 24.0. The number of carbonyl (C=O) groups is 1. The van der Waals surface area contributed by atoms with Crippen LogP contribution in [0.15, 0.2) is 11.6 Å². The Hall–Kier alpha value is -0.670. The smallest absolute Gasteiger partial charge is 0.159 e. The molecule has 0 spiro atoms. The lowest BCUT2D eigenvalue weighted by molar-refractivity contribution is -0.202. The first-order chi connectivity index (χ1) is 15.2. The molecule has 0 aromatic rings. The minimum absolute atomic E-state index is 0.0305. The van der Waals surface area contributed by atoms with Crippen molar-refractivity contribution in [3.8, 4) is 0 Å². The van der Waals surface area contributed by atoms with Crippen LogP contribution in [-0.4, -0.2) is 28.7 Å². The molecule has 3 nitrogen and oxygen atoms in total. The van der Waals surface area contributed by atoms with Gasteiger partial charge in [-0.3, -0.25) is 4.79 Å². The largest absolute Gasteiger partial charge is 0.396 e. The summed E-state index contributed by atoms with van der Waals surface area (Å²) in [4.78, 5) is 14.2. The predicted octanol–water partition coefficient (Wildman–Crippen LogP) is 6.32. The SMILES string of the molecule is CC1(CO)CCC2(C)CCC3(C)C(=CC(=O)C4C5(C)CCC(O)C(C)(C)C5CCC43C)C2C1. The number of ketones is 1. The standard InChI is InChI=1S/C30H48O3/c1-25(2)22-8-11-30(7)24(28(22,5)10-9-23(25)33)21(32)16-19-20-17-26(3,18-31)12-13-27(20,4)14-15-29(19,30)6/h16,20,22-24,31,33H,8-15,17-18H2,1-7H3. The van der Waals surface area contributed by atoms with Gasteiger partial charge in [0, 0.05) is 12.5 Å². The van der Waals surface area contributed by atoms with Crippen molar-refractivity contribution in [1.82, 2.24) is 0 Å². The van der Waals surface area contributed by atoms with Crippen molar-refractivity contribution in [2.75, 3.05) is 6.61 Å². The second kappa shape index (κ2) is 6.96. The molecule has 0 aromatic carbocycles. The number of rotatable bonds is 1. The monoisotopic (exact) mass is 456 g/mol. The Morgan fingerprint density at radius 3 is 2.24 bits per heavy atom. The van der Waals surface area contributed by atoms with Crippen LogP contribution in [0.3, 0.4) is 0 Å². The van der Waals surface area contributed by atoms with Gasteiger partial charge in [-0.15, -0.1) is 0 Å². The van der Waals surface area contributed by atoms with E-state index in [0.29, 0.717) is 17.6 Å². The second-order valence-corrected chi connectivity index (χ2v) is 15.0. The average Bonchev–Trinajstić information content (AvgIpc) is 2.74. The van der Waals surface area contributed by atoms with E-state index in [1.54, 1.807) is 0 Å². The van der Waals surface area contributed by atoms with Gasteiger partial charge in [-0.05, 0) is 108 Å². The zero-order chi connectivity index (χ0) is 24.2. The van der Waals surface area contributed by atoms with Gasteiger partial charge in [0.25, 0.3) is 0 Å². The Bertz CT molecular complexity index is 889. The van der Waals surface area contributed by atoms with Gasteiger partial charge in [-0.2, -0.15) is 0 Å². The van der Waals surface area contributed by atoms with Crippen LogP contribution in [0.1, 0.15) is 106 Å². The maximum Gasteiger partial charge on any atom is 0.159 e. The van der Waals surface area contributed by atoms with Gasteiger partial charge in [0.1, 0.15) is 0 Å². The van der Waals surface area contributed by atoms with E-state index in [1.807, 2.05) is 0 Å². The molecule has 0 amide bonds. The Morgan fingerprint density at radius 2 is 1.58 bits per heavy atom. The fourth-order valence-electron chi connectivity index (χ4n) is 10.4. The van der Waals surface area contributed by atoms with Crippen molar-refractivity contribution in [3.05, 3.63) is 11.6 Å². The molecule has 4 fully saturated rings. The average molecular weight is 457 g/mol. The van der Waals surface area contributed by atoms with Crippen LogP contribution in [0.2, 0.25) is 0 Å². The summed E-state index contributed by atoms with van der Waals surface area (Å²) in [5.41, 5.74) is 1.46. The summed E-state index contributed by atoms with van der Waals surface area (Å²) < 4.78 is 0. The quantitative estimate of drug-likeness (QED) is 0.485. The Morgan fingerprint density at radius 1 is 0.909 bits per heavy atom. The summed E-state index contributed by atoms with van der Waals surface area (Å²) in [7, 11) is 0. The molecule has 0 aromatic heterocycles. The predicted molar refractivity (Wildman–Crippen MR) is 133 cm³/mol. The molecular weight excluding hydrogens is 408 g/mol. The summed E-state index contributed by atoms with van der Waals surface area (Å²) in [5, 5.41) is 21.1. The number of aliphatic hydroxyl groups is 2. The molecule has 9 atom stereocenters. The van der Waals surface area contributed by atoms with E-state index in [1.165, 1.54) is 18.4 Å². The highest BCUT2D eigenvalue weighted by Crippen LogP contribution is 2.75. The van der Waals surface area contributed by atoms with Crippen LogP contribution in [0, 0.1) is 50.2 Å². The highest BCUT2D eigenvalue weighted by Gasteiger charge is 2.70. The fourth-order valence-corrected chi connectivity index (χ4v) is 10.4. The third kappa shape index (κ3) is 2.90. The topological polar surface area (TPSA) is 57.5 Å². The lowest BCUT2D eigenvalue weighted by atomic mass is 9.33. The Kier molecular flexibility index (Phi) is 5.07. The summed E-state index contributed by atoms with van der Waals surface area (Å²) in [6, 6.07) is 0. The molecule has 0 bridgehead atoms. The summed E-state index contributed by atoms with van der Waals surface area (Å²) in [6.07, 6.45) is 11.5. The van der Waals surface area contributed by atoms with E-state index in [0.717, 1.165) is 44.9 Å². The number of aliphatic hydroxyl groups excluding tert-OH is 2. The molecule has 33 heavy (non-hydrogen) atoms. The minimum Gasteiger partial charge on any atom is -0.396 e. The lowest BCUT2D eigenvalue weighted by Crippen LogP contribution is -2.66.